The van der Waals surface area contributed by atoms with E-state index in [9.17, 15) is 14.5 Å². The average molecular weight is 460 g/mol. The first-order valence-corrected chi connectivity index (χ1v) is 12.6. The molecule has 7 nitrogen and oxygen atoms in total. The maximum atomic E-state index is 11.5. The number of aliphatic hydroxyl groups excluding tert-OH is 1. The molecule has 0 aromatic carbocycles. The normalized spacial score (nSPS) is 12.7. The molecule has 9 heteroatoms. The number of ether oxygens (including phenoxy) is 1. The van der Waals surface area contributed by atoms with Gasteiger partial charge in [0.2, 0.25) is 0 Å². The number of esters is 1. The van der Waals surface area contributed by atoms with Crippen LogP contribution >= 0.6 is 7.82 Å². The van der Waals surface area contributed by atoms with Gasteiger partial charge in [-0.1, -0.05) is 70.4 Å². The number of hydrogen-bond acceptors (Lipinski definition) is 5. The maximum Gasteiger partial charge on any atom is 0.469 e. The number of allylic oxidation sites excluding steroid dienone is 2. The number of rotatable bonds is 20. The van der Waals surface area contributed by atoms with Crippen LogP contribution in [-0.2, 0) is 18.6 Å². The topological polar surface area (TPSA) is 113 Å². The quantitative estimate of drug-likeness (QED) is 0.0798. The standard InChI is InChI=1S/C21H41O7P.Na/c1-2-3-4-5-6-7-8-9-10-11-12-13-14-15-16-17-21(23)27-18-20(22)19-28-29(24,25)26;/h9-10,20,22H,2-8,11-19H2,1H3,(H2,24,25,26);. The Balaban J connectivity index is 0. The molecular weight excluding hydrogens is 418 g/mol. The van der Waals surface area contributed by atoms with E-state index in [1.165, 1.54) is 51.4 Å². The van der Waals surface area contributed by atoms with Crippen LogP contribution in [0.2, 0.25) is 0 Å². The summed E-state index contributed by atoms with van der Waals surface area (Å²) in [7, 11) is -4.62. The third kappa shape index (κ3) is 26.3. The molecule has 0 aliphatic rings. The Morgan fingerprint density at radius 2 is 1.37 bits per heavy atom. The molecule has 3 N–H and O–H groups in total. The second-order valence-corrected chi connectivity index (χ2v) is 8.70. The van der Waals surface area contributed by atoms with Crippen molar-refractivity contribution in [2.24, 2.45) is 0 Å². The van der Waals surface area contributed by atoms with Crippen molar-refractivity contribution in [2.75, 3.05) is 13.2 Å². The first kappa shape index (κ1) is 32.5. The van der Waals surface area contributed by atoms with Crippen LogP contribution in [0.3, 0.4) is 0 Å². The van der Waals surface area contributed by atoms with Gasteiger partial charge in [0.1, 0.15) is 12.7 Å². The van der Waals surface area contributed by atoms with Crippen LogP contribution in [0.15, 0.2) is 12.2 Å². The third-order valence-corrected chi connectivity index (χ3v) is 5.00. The van der Waals surface area contributed by atoms with Gasteiger partial charge in [-0.3, -0.25) is 9.32 Å². The molecule has 0 rings (SSSR count). The predicted molar refractivity (Wildman–Crippen MR) is 120 cm³/mol. The number of aliphatic hydroxyl groups is 1. The van der Waals surface area contributed by atoms with Crippen molar-refractivity contribution in [3.8, 4) is 0 Å². The fourth-order valence-electron chi connectivity index (χ4n) is 2.83. The molecule has 0 amide bonds. The molecule has 0 aliphatic heterocycles. The monoisotopic (exact) mass is 459 g/mol. The van der Waals surface area contributed by atoms with Crippen LogP contribution in [0.5, 0.6) is 0 Å². The summed E-state index contributed by atoms with van der Waals surface area (Å²) in [6.45, 7) is 1.33. The number of phosphoric ester groups is 1. The second-order valence-electron chi connectivity index (χ2n) is 7.46. The van der Waals surface area contributed by atoms with Crippen LogP contribution in [0, 0.1) is 0 Å². The van der Waals surface area contributed by atoms with E-state index < -0.39 is 26.5 Å². The van der Waals surface area contributed by atoms with Gasteiger partial charge in [0.15, 0.2) is 0 Å². The Kier molecular flexibility index (Phi) is 24.3. The summed E-state index contributed by atoms with van der Waals surface area (Å²) in [6.07, 6.45) is 19.0. The van der Waals surface area contributed by atoms with Gasteiger partial charge in [0.25, 0.3) is 0 Å². The van der Waals surface area contributed by atoms with Crippen LogP contribution in [0.4, 0.5) is 0 Å². The van der Waals surface area contributed by atoms with Crippen molar-refractivity contribution in [3.05, 3.63) is 12.2 Å². The summed E-state index contributed by atoms with van der Waals surface area (Å²) in [4.78, 5) is 28.6. The van der Waals surface area contributed by atoms with Crippen molar-refractivity contribution < 1.29 is 33.5 Å². The molecule has 0 aliphatic carbocycles. The fraction of sp³-hybridized carbons (Fsp3) is 0.857. The van der Waals surface area contributed by atoms with Crippen molar-refractivity contribution in [3.63, 3.8) is 0 Å². The average Bonchev–Trinajstić information content (AvgIpc) is 2.67. The zero-order valence-electron chi connectivity index (χ0n) is 19.0. The Morgan fingerprint density at radius 3 is 1.90 bits per heavy atom. The van der Waals surface area contributed by atoms with Crippen LogP contribution in [0.1, 0.15) is 96.8 Å². The molecular formula is C21H41NaO7P. The van der Waals surface area contributed by atoms with Gasteiger partial charge in [-0.15, -0.1) is 0 Å². The smallest absolute Gasteiger partial charge is 0.463 e. The SMILES string of the molecule is CCCCCCCCC=CCCCCCCCC(=O)OCC(O)COP(=O)(O)O.[Na]. The van der Waals surface area contributed by atoms with E-state index in [2.05, 4.69) is 23.6 Å². The van der Waals surface area contributed by atoms with Gasteiger partial charge in [-0.2, -0.15) is 0 Å². The minimum absolute atomic E-state index is 0. The van der Waals surface area contributed by atoms with E-state index in [1.807, 2.05) is 0 Å². The van der Waals surface area contributed by atoms with E-state index in [1.54, 1.807) is 0 Å². The minimum Gasteiger partial charge on any atom is -0.463 e. The number of carbonyl (C=O) groups excluding carboxylic acids is 1. The number of carbonyl (C=O) groups is 1. The number of hydrogen-bond donors (Lipinski definition) is 3. The minimum atomic E-state index is -4.62. The number of phosphoric acid groups is 1. The molecule has 30 heavy (non-hydrogen) atoms. The van der Waals surface area contributed by atoms with Crippen LogP contribution < -0.4 is 0 Å². The molecule has 1 unspecified atom stereocenters. The Morgan fingerprint density at radius 1 is 0.867 bits per heavy atom. The molecule has 173 valence electrons. The summed E-state index contributed by atoms with van der Waals surface area (Å²) in [5.74, 6) is -0.419. The van der Waals surface area contributed by atoms with Gasteiger partial charge in [-0.05, 0) is 32.1 Å². The summed E-state index contributed by atoms with van der Waals surface area (Å²) < 4.78 is 19.5. The summed E-state index contributed by atoms with van der Waals surface area (Å²) in [5.41, 5.74) is 0. The largest absolute Gasteiger partial charge is 0.469 e. The summed E-state index contributed by atoms with van der Waals surface area (Å²) >= 11 is 0. The Hall–Kier alpha value is 0.280. The summed E-state index contributed by atoms with van der Waals surface area (Å²) in [6, 6.07) is 0. The zero-order valence-corrected chi connectivity index (χ0v) is 21.9. The third-order valence-electron chi connectivity index (χ3n) is 4.51. The first-order valence-electron chi connectivity index (χ1n) is 11.0. The van der Waals surface area contributed by atoms with Crippen molar-refractivity contribution >= 4 is 43.3 Å². The van der Waals surface area contributed by atoms with E-state index in [0.717, 1.165) is 32.1 Å². The predicted octanol–water partition coefficient (Wildman–Crippen LogP) is 4.66. The van der Waals surface area contributed by atoms with Gasteiger partial charge < -0.3 is 19.6 Å². The van der Waals surface area contributed by atoms with Crippen molar-refractivity contribution in [1.82, 2.24) is 0 Å². The molecule has 0 saturated heterocycles. The van der Waals surface area contributed by atoms with Gasteiger partial charge >= 0.3 is 13.8 Å². The van der Waals surface area contributed by atoms with E-state index >= 15 is 0 Å². The molecule has 0 saturated carbocycles. The van der Waals surface area contributed by atoms with E-state index in [-0.39, 0.29) is 42.6 Å². The first-order chi connectivity index (χ1) is 13.8. The molecule has 0 bridgehead atoms. The van der Waals surface area contributed by atoms with Gasteiger partial charge in [0, 0.05) is 36.0 Å². The van der Waals surface area contributed by atoms with Crippen LogP contribution in [-0.4, -0.2) is 69.7 Å². The van der Waals surface area contributed by atoms with E-state index in [4.69, 9.17) is 14.5 Å². The maximum absolute atomic E-state index is 11.5. The molecule has 0 aromatic heterocycles. The fourth-order valence-corrected chi connectivity index (χ4v) is 3.20. The van der Waals surface area contributed by atoms with Gasteiger partial charge in [0.05, 0.1) is 6.61 Å². The zero-order chi connectivity index (χ0) is 21.8. The van der Waals surface area contributed by atoms with Crippen molar-refractivity contribution in [2.45, 2.75) is 103 Å². The Bertz CT molecular complexity index is 468. The molecule has 0 spiro atoms. The second kappa shape index (κ2) is 22.5. The molecule has 0 heterocycles. The molecule has 1 radical (unpaired) electrons. The van der Waals surface area contributed by atoms with E-state index in [0.29, 0.717) is 0 Å². The summed E-state index contributed by atoms with van der Waals surface area (Å²) in [5, 5.41) is 9.41. The van der Waals surface area contributed by atoms with Gasteiger partial charge in [-0.25, -0.2) is 4.57 Å². The molecule has 0 aromatic rings. The molecule has 1 atom stereocenters. The Labute approximate surface area is 204 Å². The van der Waals surface area contributed by atoms with Crippen molar-refractivity contribution in [1.29, 1.82) is 0 Å². The molecule has 0 fully saturated rings. The number of unbranched alkanes of at least 4 members (excludes halogenated alkanes) is 11. The van der Waals surface area contributed by atoms with Crippen LogP contribution in [0.25, 0.3) is 0 Å².